The van der Waals surface area contributed by atoms with E-state index < -0.39 is 0 Å². The zero-order valence-corrected chi connectivity index (χ0v) is 14.9. The van der Waals surface area contributed by atoms with Crippen LogP contribution in [0.2, 0.25) is 0 Å². The lowest BCUT2D eigenvalue weighted by Gasteiger charge is -2.32. The number of halogens is 1. The highest BCUT2D eigenvalue weighted by Gasteiger charge is 2.20. The Kier molecular flexibility index (Phi) is 5.42. The van der Waals surface area contributed by atoms with Crippen molar-refractivity contribution in [1.29, 1.82) is 0 Å². The van der Waals surface area contributed by atoms with E-state index in [1.165, 1.54) is 0 Å². The van der Waals surface area contributed by atoms with Gasteiger partial charge < -0.3 is 15.1 Å². The third-order valence-electron chi connectivity index (χ3n) is 3.53. The molecule has 0 spiro atoms. The molecule has 1 aromatic rings. The van der Waals surface area contributed by atoms with Crippen LogP contribution in [0.15, 0.2) is 0 Å². The molecule has 20 heavy (non-hydrogen) atoms. The minimum absolute atomic E-state index is 0.600. The lowest BCUT2D eigenvalue weighted by molar-refractivity contribution is 0.311. The molecule has 0 aromatic carbocycles. The summed E-state index contributed by atoms with van der Waals surface area (Å²) >= 11 is 2.35. The van der Waals surface area contributed by atoms with Gasteiger partial charge >= 0.3 is 0 Å². The van der Waals surface area contributed by atoms with Gasteiger partial charge in [-0.05, 0) is 42.0 Å². The van der Waals surface area contributed by atoms with E-state index in [2.05, 4.69) is 63.6 Å². The first-order valence-corrected chi connectivity index (χ1v) is 8.26. The standard InChI is InChI=1S/C14H24IN5/c1-10(2)9-11-12(15)13(16-3)18-14(17-11)20-7-5-19(4)6-8-20/h10H,5-9H2,1-4H3,(H,16,17,18). The number of nitrogens with one attached hydrogen (secondary N) is 1. The Balaban J connectivity index is 2.28. The van der Waals surface area contributed by atoms with E-state index in [0.29, 0.717) is 5.92 Å². The molecule has 0 saturated carbocycles. The van der Waals surface area contributed by atoms with Gasteiger partial charge in [-0.3, -0.25) is 0 Å². The van der Waals surface area contributed by atoms with Crippen molar-refractivity contribution in [2.75, 3.05) is 50.5 Å². The summed E-state index contributed by atoms with van der Waals surface area (Å²) in [6.07, 6.45) is 0.996. The molecule has 0 radical (unpaired) electrons. The van der Waals surface area contributed by atoms with Crippen molar-refractivity contribution < 1.29 is 0 Å². The largest absolute Gasteiger partial charge is 0.372 e. The van der Waals surface area contributed by atoms with Gasteiger partial charge in [-0.1, -0.05) is 13.8 Å². The van der Waals surface area contributed by atoms with Crippen LogP contribution in [0, 0.1) is 9.49 Å². The highest BCUT2D eigenvalue weighted by molar-refractivity contribution is 14.1. The van der Waals surface area contributed by atoms with Crippen LogP contribution in [-0.4, -0.2) is 55.1 Å². The van der Waals surface area contributed by atoms with Crippen LogP contribution in [0.5, 0.6) is 0 Å². The highest BCUT2D eigenvalue weighted by atomic mass is 127. The van der Waals surface area contributed by atoms with Crippen LogP contribution in [0.4, 0.5) is 11.8 Å². The second-order valence-electron chi connectivity index (χ2n) is 5.77. The van der Waals surface area contributed by atoms with E-state index in [0.717, 1.165) is 53.6 Å². The third-order valence-corrected chi connectivity index (χ3v) is 4.67. The number of anilines is 2. The van der Waals surface area contributed by atoms with Crippen molar-refractivity contribution in [3.63, 3.8) is 0 Å². The summed E-state index contributed by atoms with van der Waals surface area (Å²) in [4.78, 5) is 14.1. The molecule has 112 valence electrons. The fourth-order valence-corrected chi connectivity index (χ4v) is 3.05. The fraction of sp³-hybridized carbons (Fsp3) is 0.714. The Labute approximate surface area is 135 Å². The van der Waals surface area contributed by atoms with Crippen LogP contribution in [0.25, 0.3) is 0 Å². The van der Waals surface area contributed by atoms with Gasteiger partial charge in [0.05, 0.1) is 9.26 Å². The van der Waals surface area contributed by atoms with E-state index in [1.54, 1.807) is 0 Å². The number of rotatable bonds is 4. The van der Waals surface area contributed by atoms with E-state index in [9.17, 15) is 0 Å². The number of piperazine rings is 1. The van der Waals surface area contributed by atoms with Crippen molar-refractivity contribution >= 4 is 34.4 Å². The molecule has 0 atom stereocenters. The average Bonchev–Trinajstić information content (AvgIpc) is 2.41. The summed E-state index contributed by atoms with van der Waals surface area (Å²) in [5.74, 6) is 2.42. The van der Waals surface area contributed by atoms with Crippen molar-refractivity contribution in [1.82, 2.24) is 14.9 Å². The average molecular weight is 389 g/mol. The molecule has 0 aliphatic carbocycles. The molecule has 6 heteroatoms. The third kappa shape index (κ3) is 3.72. The molecule has 1 N–H and O–H groups in total. The van der Waals surface area contributed by atoms with Gasteiger partial charge in [0.25, 0.3) is 0 Å². The van der Waals surface area contributed by atoms with Crippen molar-refractivity contribution in [3.05, 3.63) is 9.26 Å². The number of nitrogens with zero attached hydrogens (tertiary/aromatic N) is 4. The quantitative estimate of drug-likeness (QED) is 0.799. The zero-order valence-electron chi connectivity index (χ0n) is 12.8. The normalized spacial score (nSPS) is 16.8. The van der Waals surface area contributed by atoms with Gasteiger partial charge in [0, 0.05) is 33.2 Å². The number of likely N-dealkylation sites (N-methyl/N-ethyl adjacent to an activating group) is 1. The van der Waals surface area contributed by atoms with Crippen LogP contribution in [0.3, 0.4) is 0 Å². The van der Waals surface area contributed by atoms with Gasteiger partial charge in [0.2, 0.25) is 5.95 Å². The number of hydrogen-bond acceptors (Lipinski definition) is 5. The molecule has 2 rings (SSSR count). The molecule has 0 bridgehead atoms. The summed E-state index contributed by atoms with van der Waals surface area (Å²) in [5.41, 5.74) is 1.16. The smallest absolute Gasteiger partial charge is 0.227 e. The first-order chi connectivity index (χ1) is 9.51. The predicted octanol–water partition coefficient (Wildman–Crippen LogP) is 2.07. The van der Waals surface area contributed by atoms with Crippen LogP contribution in [-0.2, 0) is 6.42 Å². The molecule has 2 heterocycles. The van der Waals surface area contributed by atoms with Crippen molar-refractivity contribution in [3.8, 4) is 0 Å². The number of aromatic nitrogens is 2. The molecule has 1 saturated heterocycles. The lowest BCUT2D eigenvalue weighted by atomic mass is 10.1. The van der Waals surface area contributed by atoms with Gasteiger partial charge in [0.1, 0.15) is 5.82 Å². The molecule has 0 unspecified atom stereocenters. The Morgan fingerprint density at radius 1 is 1.20 bits per heavy atom. The summed E-state index contributed by atoms with van der Waals surface area (Å²) < 4.78 is 1.15. The van der Waals surface area contributed by atoms with Crippen LogP contribution >= 0.6 is 22.6 Å². The predicted molar refractivity (Wildman–Crippen MR) is 92.5 cm³/mol. The van der Waals surface area contributed by atoms with Crippen molar-refractivity contribution in [2.24, 2.45) is 5.92 Å². The number of hydrogen-bond donors (Lipinski definition) is 1. The van der Waals surface area contributed by atoms with Gasteiger partial charge in [-0.2, -0.15) is 4.98 Å². The highest BCUT2D eigenvalue weighted by Crippen LogP contribution is 2.24. The molecule has 1 aliphatic rings. The maximum Gasteiger partial charge on any atom is 0.227 e. The van der Waals surface area contributed by atoms with E-state index >= 15 is 0 Å². The summed E-state index contributed by atoms with van der Waals surface area (Å²) in [6, 6.07) is 0. The maximum atomic E-state index is 4.82. The van der Waals surface area contributed by atoms with E-state index in [1.807, 2.05) is 7.05 Å². The first-order valence-electron chi connectivity index (χ1n) is 7.19. The first kappa shape index (κ1) is 15.8. The zero-order chi connectivity index (χ0) is 14.7. The van der Waals surface area contributed by atoms with Crippen molar-refractivity contribution in [2.45, 2.75) is 20.3 Å². The SMILES string of the molecule is CNc1nc(N2CCN(C)CC2)nc(CC(C)C)c1I. The second kappa shape index (κ2) is 6.89. The monoisotopic (exact) mass is 389 g/mol. The van der Waals surface area contributed by atoms with E-state index in [4.69, 9.17) is 4.98 Å². The molecule has 1 aliphatic heterocycles. The lowest BCUT2D eigenvalue weighted by Crippen LogP contribution is -2.45. The molecule has 5 nitrogen and oxygen atoms in total. The van der Waals surface area contributed by atoms with Gasteiger partial charge in [0.15, 0.2) is 0 Å². The molecular formula is C14H24IN5. The minimum Gasteiger partial charge on any atom is -0.372 e. The Bertz CT molecular complexity index is 455. The Morgan fingerprint density at radius 3 is 2.40 bits per heavy atom. The van der Waals surface area contributed by atoms with E-state index in [-0.39, 0.29) is 0 Å². The van der Waals surface area contributed by atoms with Crippen LogP contribution < -0.4 is 10.2 Å². The van der Waals surface area contributed by atoms with Gasteiger partial charge in [-0.25, -0.2) is 4.98 Å². The summed E-state index contributed by atoms with van der Waals surface area (Å²) in [7, 11) is 4.09. The molecule has 1 fully saturated rings. The molecule has 0 amide bonds. The summed E-state index contributed by atoms with van der Waals surface area (Å²) in [6.45, 7) is 8.61. The van der Waals surface area contributed by atoms with Gasteiger partial charge in [-0.15, -0.1) is 0 Å². The minimum atomic E-state index is 0.600. The Hall–Kier alpha value is -0.630. The summed E-state index contributed by atoms with van der Waals surface area (Å²) in [5, 5.41) is 3.20. The molecular weight excluding hydrogens is 365 g/mol. The van der Waals surface area contributed by atoms with Crippen LogP contribution in [0.1, 0.15) is 19.5 Å². The molecule has 1 aromatic heterocycles. The maximum absolute atomic E-state index is 4.82. The second-order valence-corrected chi connectivity index (χ2v) is 6.85. The fourth-order valence-electron chi connectivity index (χ4n) is 2.32. The topological polar surface area (TPSA) is 44.3 Å². The Morgan fingerprint density at radius 2 is 1.85 bits per heavy atom.